The van der Waals surface area contributed by atoms with Crippen molar-refractivity contribution in [3.05, 3.63) is 12.4 Å². The smallest absolute Gasteiger partial charge is 0.134 e. The number of nitrogens with zero attached hydrogens (tertiary/aromatic N) is 3. The number of hydrogen-bond acceptors (Lipinski definition) is 5. The highest BCUT2D eigenvalue weighted by atomic mass is 15.2. The van der Waals surface area contributed by atoms with Gasteiger partial charge in [-0.25, -0.2) is 9.97 Å². The number of rotatable bonds is 5. The monoisotopic (exact) mass is 263 g/mol. The van der Waals surface area contributed by atoms with Gasteiger partial charge in [0.2, 0.25) is 0 Å². The molecule has 1 atom stereocenters. The first-order valence-corrected chi connectivity index (χ1v) is 7.22. The van der Waals surface area contributed by atoms with Gasteiger partial charge < -0.3 is 16.0 Å². The first kappa shape index (κ1) is 14.1. The SMILES string of the molecule is CC(CN)N(C)c1cc(NC2CCCCC2)ncn1. The molecule has 0 aliphatic heterocycles. The van der Waals surface area contributed by atoms with Crippen molar-refractivity contribution in [2.75, 3.05) is 23.8 Å². The fraction of sp³-hybridized carbons (Fsp3) is 0.714. The summed E-state index contributed by atoms with van der Waals surface area (Å²) in [6, 6.07) is 2.85. The van der Waals surface area contributed by atoms with Crippen LogP contribution in [0.25, 0.3) is 0 Å². The fourth-order valence-corrected chi connectivity index (χ4v) is 2.46. The van der Waals surface area contributed by atoms with Crippen molar-refractivity contribution in [2.45, 2.75) is 51.1 Å². The Morgan fingerprint density at radius 3 is 2.79 bits per heavy atom. The predicted molar refractivity (Wildman–Crippen MR) is 79.4 cm³/mol. The molecule has 3 N–H and O–H groups in total. The summed E-state index contributed by atoms with van der Waals surface area (Å²) >= 11 is 0. The van der Waals surface area contributed by atoms with E-state index in [1.54, 1.807) is 6.33 Å². The Balaban J connectivity index is 2.01. The molecule has 0 aromatic carbocycles. The highest BCUT2D eigenvalue weighted by molar-refractivity contribution is 5.49. The Morgan fingerprint density at radius 2 is 2.11 bits per heavy atom. The molecule has 2 rings (SSSR count). The molecule has 0 amide bonds. The van der Waals surface area contributed by atoms with Crippen LogP contribution < -0.4 is 16.0 Å². The van der Waals surface area contributed by atoms with Crippen LogP contribution in [0.15, 0.2) is 12.4 Å². The van der Waals surface area contributed by atoms with Gasteiger partial charge in [0, 0.05) is 31.7 Å². The standard InChI is InChI=1S/C14H25N5/c1-11(9-15)19(2)14-8-13(16-10-17-14)18-12-6-4-3-5-7-12/h8,10-12H,3-7,9,15H2,1-2H3,(H,16,17,18). The molecular weight excluding hydrogens is 238 g/mol. The Kier molecular flexibility index (Phi) is 4.96. The summed E-state index contributed by atoms with van der Waals surface area (Å²) in [6.45, 7) is 2.71. The lowest BCUT2D eigenvalue weighted by atomic mass is 9.95. The average molecular weight is 263 g/mol. The summed E-state index contributed by atoms with van der Waals surface area (Å²) < 4.78 is 0. The summed E-state index contributed by atoms with van der Waals surface area (Å²) in [7, 11) is 2.02. The molecular formula is C14H25N5. The van der Waals surface area contributed by atoms with Crippen molar-refractivity contribution >= 4 is 11.6 Å². The lowest BCUT2D eigenvalue weighted by molar-refractivity contribution is 0.462. The van der Waals surface area contributed by atoms with Gasteiger partial charge in [-0.2, -0.15) is 0 Å². The first-order valence-electron chi connectivity index (χ1n) is 7.22. The van der Waals surface area contributed by atoms with Gasteiger partial charge >= 0.3 is 0 Å². The van der Waals surface area contributed by atoms with Gasteiger partial charge in [0.1, 0.15) is 18.0 Å². The van der Waals surface area contributed by atoms with Gasteiger partial charge in [0.05, 0.1) is 0 Å². The average Bonchev–Trinajstić information content (AvgIpc) is 2.47. The number of anilines is 2. The van der Waals surface area contributed by atoms with Gasteiger partial charge in [0.25, 0.3) is 0 Å². The molecule has 1 heterocycles. The van der Waals surface area contributed by atoms with Crippen LogP contribution >= 0.6 is 0 Å². The Morgan fingerprint density at radius 1 is 1.37 bits per heavy atom. The molecule has 0 bridgehead atoms. The lowest BCUT2D eigenvalue weighted by Crippen LogP contribution is -2.35. The highest BCUT2D eigenvalue weighted by Gasteiger charge is 2.15. The highest BCUT2D eigenvalue weighted by Crippen LogP contribution is 2.22. The van der Waals surface area contributed by atoms with Crippen molar-refractivity contribution in [1.29, 1.82) is 0 Å². The van der Waals surface area contributed by atoms with Crippen molar-refractivity contribution in [3.8, 4) is 0 Å². The second kappa shape index (κ2) is 6.70. The molecule has 1 aromatic heterocycles. The van der Waals surface area contributed by atoms with Crippen molar-refractivity contribution in [2.24, 2.45) is 5.73 Å². The second-order valence-corrected chi connectivity index (χ2v) is 5.44. The minimum absolute atomic E-state index is 0.275. The van der Waals surface area contributed by atoms with Crippen LogP contribution in [0, 0.1) is 0 Å². The van der Waals surface area contributed by atoms with E-state index in [1.165, 1.54) is 32.1 Å². The molecule has 1 saturated carbocycles. The summed E-state index contributed by atoms with van der Waals surface area (Å²) in [4.78, 5) is 10.7. The van der Waals surface area contributed by atoms with E-state index in [2.05, 4.69) is 27.1 Å². The second-order valence-electron chi connectivity index (χ2n) is 5.44. The van der Waals surface area contributed by atoms with Crippen LogP contribution in [0.4, 0.5) is 11.6 Å². The summed E-state index contributed by atoms with van der Waals surface area (Å²) in [5.74, 6) is 1.85. The molecule has 106 valence electrons. The maximum atomic E-state index is 5.70. The van der Waals surface area contributed by atoms with Crippen LogP contribution in [0.3, 0.4) is 0 Å². The van der Waals surface area contributed by atoms with Gasteiger partial charge in [0.15, 0.2) is 0 Å². The molecule has 0 spiro atoms. The van der Waals surface area contributed by atoms with Crippen molar-refractivity contribution < 1.29 is 0 Å². The fourth-order valence-electron chi connectivity index (χ4n) is 2.46. The molecule has 1 aliphatic carbocycles. The van der Waals surface area contributed by atoms with E-state index in [-0.39, 0.29) is 6.04 Å². The van der Waals surface area contributed by atoms with Gasteiger partial charge in [-0.3, -0.25) is 0 Å². The minimum atomic E-state index is 0.275. The predicted octanol–water partition coefficient (Wildman–Crippen LogP) is 2.00. The maximum absolute atomic E-state index is 5.70. The zero-order valence-corrected chi connectivity index (χ0v) is 12.0. The molecule has 0 saturated heterocycles. The van der Waals surface area contributed by atoms with Crippen LogP contribution in [0.5, 0.6) is 0 Å². The normalized spacial score (nSPS) is 18.1. The topological polar surface area (TPSA) is 67.1 Å². The van der Waals surface area contributed by atoms with Crippen molar-refractivity contribution in [3.63, 3.8) is 0 Å². The molecule has 1 aliphatic rings. The quantitative estimate of drug-likeness (QED) is 0.850. The van der Waals surface area contributed by atoms with E-state index in [0.29, 0.717) is 12.6 Å². The molecule has 1 fully saturated rings. The third-order valence-electron chi connectivity index (χ3n) is 3.97. The molecule has 5 nitrogen and oxygen atoms in total. The van der Waals surface area contributed by atoms with Crippen LogP contribution in [0.2, 0.25) is 0 Å². The molecule has 19 heavy (non-hydrogen) atoms. The summed E-state index contributed by atoms with van der Waals surface area (Å²) in [6.07, 6.45) is 8.12. The zero-order chi connectivity index (χ0) is 13.7. The molecule has 1 unspecified atom stereocenters. The van der Waals surface area contributed by atoms with Crippen LogP contribution in [-0.4, -0.2) is 35.6 Å². The van der Waals surface area contributed by atoms with E-state index < -0.39 is 0 Å². The number of nitrogens with one attached hydrogen (secondary N) is 1. The van der Waals surface area contributed by atoms with E-state index in [4.69, 9.17) is 5.73 Å². The van der Waals surface area contributed by atoms with Gasteiger partial charge in [-0.15, -0.1) is 0 Å². The summed E-state index contributed by atoms with van der Waals surface area (Å²) in [5, 5.41) is 3.52. The lowest BCUT2D eigenvalue weighted by Gasteiger charge is -2.26. The Hall–Kier alpha value is -1.36. The summed E-state index contributed by atoms with van der Waals surface area (Å²) in [5.41, 5.74) is 5.70. The Labute approximate surface area is 115 Å². The molecule has 5 heteroatoms. The number of likely N-dealkylation sites (N-methyl/N-ethyl adjacent to an activating group) is 1. The van der Waals surface area contributed by atoms with Crippen LogP contribution in [-0.2, 0) is 0 Å². The van der Waals surface area contributed by atoms with Crippen molar-refractivity contribution in [1.82, 2.24) is 9.97 Å². The van der Waals surface area contributed by atoms with E-state index in [0.717, 1.165) is 11.6 Å². The third-order valence-corrected chi connectivity index (χ3v) is 3.97. The number of hydrogen-bond donors (Lipinski definition) is 2. The Bertz CT molecular complexity index is 389. The van der Waals surface area contributed by atoms with E-state index in [1.807, 2.05) is 13.1 Å². The van der Waals surface area contributed by atoms with Gasteiger partial charge in [-0.05, 0) is 19.8 Å². The van der Waals surface area contributed by atoms with Gasteiger partial charge in [-0.1, -0.05) is 19.3 Å². The minimum Gasteiger partial charge on any atom is -0.367 e. The van der Waals surface area contributed by atoms with E-state index >= 15 is 0 Å². The number of nitrogens with two attached hydrogens (primary N) is 1. The largest absolute Gasteiger partial charge is 0.367 e. The number of aromatic nitrogens is 2. The first-order chi connectivity index (χ1) is 9.20. The zero-order valence-electron chi connectivity index (χ0n) is 12.0. The molecule has 1 aromatic rings. The van der Waals surface area contributed by atoms with E-state index in [9.17, 15) is 0 Å². The maximum Gasteiger partial charge on any atom is 0.134 e. The molecule has 0 radical (unpaired) electrons. The third kappa shape index (κ3) is 3.80. The van der Waals surface area contributed by atoms with Crippen LogP contribution in [0.1, 0.15) is 39.0 Å².